The number of Topliss-reactive ketones (excluding diaryl/α,β-unsaturated/α-hetero) is 1. The molecule has 86 valence electrons. The Morgan fingerprint density at radius 3 is 2.82 bits per heavy atom. The van der Waals surface area contributed by atoms with Crippen LogP contribution in [0.5, 0.6) is 0 Å². The number of pyridine rings is 1. The van der Waals surface area contributed by atoms with E-state index in [1.54, 1.807) is 36.8 Å². The first kappa shape index (κ1) is 11.1. The number of aromatic amines is 1. The standard InChI is InChI=1S/C12H11N3O2/c16-11(10-4-2-6-14-10)12(17)15-8-9-3-1-5-13-7-9/h1-7,14H,8H2,(H,15,17). The summed E-state index contributed by atoms with van der Waals surface area (Å²) in [7, 11) is 0. The minimum absolute atomic E-state index is 0.286. The third-order valence-corrected chi connectivity index (χ3v) is 2.22. The lowest BCUT2D eigenvalue weighted by molar-refractivity contribution is -0.117. The van der Waals surface area contributed by atoms with Gasteiger partial charge in [-0.3, -0.25) is 14.6 Å². The van der Waals surface area contributed by atoms with Crippen molar-refractivity contribution < 1.29 is 9.59 Å². The zero-order chi connectivity index (χ0) is 12.1. The van der Waals surface area contributed by atoms with Crippen LogP contribution in [0.1, 0.15) is 16.1 Å². The van der Waals surface area contributed by atoms with Gasteiger partial charge in [0.1, 0.15) is 0 Å². The molecule has 0 aliphatic rings. The number of carbonyl (C=O) groups is 2. The molecule has 2 N–H and O–H groups in total. The molecular weight excluding hydrogens is 218 g/mol. The number of amides is 1. The van der Waals surface area contributed by atoms with E-state index in [0.29, 0.717) is 6.54 Å². The van der Waals surface area contributed by atoms with Crippen molar-refractivity contribution in [1.29, 1.82) is 0 Å². The van der Waals surface area contributed by atoms with E-state index in [2.05, 4.69) is 15.3 Å². The number of ketones is 1. The summed E-state index contributed by atoms with van der Waals surface area (Å²) in [4.78, 5) is 29.7. The van der Waals surface area contributed by atoms with Crippen LogP contribution in [0.2, 0.25) is 0 Å². The third kappa shape index (κ3) is 2.78. The first-order valence-corrected chi connectivity index (χ1v) is 5.12. The Labute approximate surface area is 97.9 Å². The van der Waals surface area contributed by atoms with Crippen molar-refractivity contribution in [3.63, 3.8) is 0 Å². The van der Waals surface area contributed by atoms with Gasteiger partial charge in [-0.25, -0.2) is 0 Å². The molecule has 17 heavy (non-hydrogen) atoms. The van der Waals surface area contributed by atoms with E-state index in [9.17, 15) is 9.59 Å². The second kappa shape index (κ2) is 5.07. The number of H-pyrrole nitrogens is 1. The van der Waals surface area contributed by atoms with Crippen molar-refractivity contribution in [2.24, 2.45) is 0 Å². The largest absolute Gasteiger partial charge is 0.358 e. The van der Waals surface area contributed by atoms with E-state index in [0.717, 1.165) is 5.56 Å². The topological polar surface area (TPSA) is 74.8 Å². The number of nitrogens with one attached hydrogen (secondary N) is 2. The van der Waals surface area contributed by atoms with Gasteiger partial charge in [-0.05, 0) is 23.8 Å². The summed E-state index contributed by atoms with van der Waals surface area (Å²) in [6.07, 6.45) is 4.89. The van der Waals surface area contributed by atoms with Gasteiger partial charge in [0.2, 0.25) is 0 Å². The van der Waals surface area contributed by atoms with Gasteiger partial charge in [-0.15, -0.1) is 0 Å². The zero-order valence-electron chi connectivity index (χ0n) is 9.01. The van der Waals surface area contributed by atoms with Gasteiger partial charge in [0.25, 0.3) is 11.7 Å². The van der Waals surface area contributed by atoms with E-state index in [-0.39, 0.29) is 5.69 Å². The molecule has 2 aromatic heterocycles. The summed E-state index contributed by atoms with van der Waals surface area (Å²) in [5, 5.41) is 2.54. The van der Waals surface area contributed by atoms with Gasteiger partial charge in [0.05, 0.1) is 5.69 Å². The lowest BCUT2D eigenvalue weighted by atomic mass is 10.2. The van der Waals surface area contributed by atoms with Gasteiger partial charge < -0.3 is 10.3 Å². The van der Waals surface area contributed by atoms with Crippen molar-refractivity contribution in [1.82, 2.24) is 15.3 Å². The highest BCUT2D eigenvalue weighted by atomic mass is 16.2. The number of rotatable bonds is 4. The molecule has 0 unspecified atom stereocenters. The fourth-order valence-electron chi connectivity index (χ4n) is 1.36. The first-order chi connectivity index (χ1) is 8.27. The minimum Gasteiger partial charge on any atom is -0.358 e. The van der Waals surface area contributed by atoms with Crippen LogP contribution in [0, 0.1) is 0 Å². The molecular formula is C12H11N3O2. The van der Waals surface area contributed by atoms with E-state index in [1.807, 2.05) is 6.07 Å². The Balaban J connectivity index is 1.92. The molecule has 0 aromatic carbocycles. The molecule has 0 saturated heterocycles. The maximum atomic E-state index is 11.6. The van der Waals surface area contributed by atoms with Gasteiger partial charge in [0.15, 0.2) is 0 Å². The van der Waals surface area contributed by atoms with Gasteiger partial charge in [0, 0.05) is 25.1 Å². The fourth-order valence-corrected chi connectivity index (χ4v) is 1.36. The SMILES string of the molecule is O=C(NCc1cccnc1)C(=O)c1ccc[nH]1. The maximum absolute atomic E-state index is 11.6. The van der Waals surface area contributed by atoms with Crippen LogP contribution in [-0.2, 0) is 11.3 Å². The molecule has 2 rings (SSSR count). The van der Waals surface area contributed by atoms with Crippen LogP contribution in [0.3, 0.4) is 0 Å². The number of aromatic nitrogens is 2. The van der Waals surface area contributed by atoms with Crippen LogP contribution in [0.15, 0.2) is 42.9 Å². The Morgan fingerprint density at radius 1 is 1.29 bits per heavy atom. The van der Waals surface area contributed by atoms with E-state index in [1.165, 1.54) is 0 Å². The second-order valence-corrected chi connectivity index (χ2v) is 3.46. The van der Waals surface area contributed by atoms with Gasteiger partial charge in [-0.2, -0.15) is 0 Å². The number of hydrogen-bond donors (Lipinski definition) is 2. The molecule has 2 aromatic rings. The van der Waals surface area contributed by atoms with Crippen molar-refractivity contribution >= 4 is 11.7 Å². The predicted octanol–water partition coefficient (Wildman–Crippen LogP) is 0.909. The number of nitrogens with zero attached hydrogens (tertiary/aromatic N) is 1. The Hall–Kier alpha value is -2.43. The van der Waals surface area contributed by atoms with Crippen molar-refractivity contribution in [3.05, 3.63) is 54.1 Å². The molecule has 1 amide bonds. The van der Waals surface area contributed by atoms with E-state index >= 15 is 0 Å². The molecule has 0 atom stereocenters. The zero-order valence-corrected chi connectivity index (χ0v) is 9.01. The lowest BCUT2D eigenvalue weighted by Gasteiger charge is -2.02. The summed E-state index contributed by atoms with van der Waals surface area (Å²) in [5.74, 6) is -1.20. The fraction of sp³-hybridized carbons (Fsp3) is 0.0833. The van der Waals surface area contributed by atoms with Crippen LogP contribution < -0.4 is 5.32 Å². The summed E-state index contributed by atoms with van der Waals surface area (Å²) in [5.41, 5.74) is 1.13. The molecule has 5 nitrogen and oxygen atoms in total. The monoisotopic (exact) mass is 229 g/mol. The molecule has 2 heterocycles. The normalized spacial score (nSPS) is 9.88. The smallest absolute Gasteiger partial charge is 0.294 e. The second-order valence-electron chi connectivity index (χ2n) is 3.46. The molecule has 0 bridgehead atoms. The maximum Gasteiger partial charge on any atom is 0.294 e. The average molecular weight is 229 g/mol. The molecule has 0 saturated carbocycles. The van der Waals surface area contributed by atoms with Crippen LogP contribution in [0.25, 0.3) is 0 Å². The van der Waals surface area contributed by atoms with Crippen molar-refractivity contribution in [2.45, 2.75) is 6.54 Å². The van der Waals surface area contributed by atoms with Gasteiger partial charge in [-0.1, -0.05) is 6.07 Å². The highest BCUT2D eigenvalue weighted by Gasteiger charge is 2.15. The highest BCUT2D eigenvalue weighted by molar-refractivity contribution is 6.42. The van der Waals surface area contributed by atoms with E-state index in [4.69, 9.17) is 0 Å². The quantitative estimate of drug-likeness (QED) is 0.604. The van der Waals surface area contributed by atoms with Crippen LogP contribution in [0.4, 0.5) is 0 Å². The van der Waals surface area contributed by atoms with Crippen LogP contribution in [-0.4, -0.2) is 21.7 Å². The Morgan fingerprint density at radius 2 is 2.18 bits per heavy atom. The summed E-state index contributed by atoms with van der Waals surface area (Å²) >= 11 is 0. The molecule has 5 heteroatoms. The lowest BCUT2D eigenvalue weighted by Crippen LogP contribution is -2.30. The Bertz CT molecular complexity index is 506. The highest BCUT2D eigenvalue weighted by Crippen LogP contribution is 1.98. The average Bonchev–Trinajstić information content (AvgIpc) is 2.90. The number of hydrogen-bond acceptors (Lipinski definition) is 3. The minimum atomic E-state index is -0.628. The third-order valence-electron chi connectivity index (χ3n) is 2.22. The molecule has 0 radical (unpaired) electrons. The Kier molecular flexibility index (Phi) is 3.30. The summed E-state index contributed by atoms with van der Waals surface area (Å²) in [6.45, 7) is 0.291. The molecule has 0 aliphatic heterocycles. The van der Waals surface area contributed by atoms with E-state index < -0.39 is 11.7 Å². The van der Waals surface area contributed by atoms with Crippen LogP contribution >= 0.6 is 0 Å². The van der Waals surface area contributed by atoms with Crippen molar-refractivity contribution in [2.75, 3.05) is 0 Å². The number of carbonyl (C=O) groups excluding carboxylic acids is 2. The summed E-state index contributed by atoms with van der Waals surface area (Å²) < 4.78 is 0. The van der Waals surface area contributed by atoms with Crippen molar-refractivity contribution in [3.8, 4) is 0 Å². The predicted molar refractivity (Wildman–Crippen MR) is 61.2 cm³/mol. The van der Waals surface area contributed by atoms with Gasteiger partial charge >= 0.3 is 0 Å². The molecule has 0 aliphatic carbocycles. The molecule has 0 spiro atoms. The first-order valence-electron chi connectivity index (χ1n) is 5.12. The summed E-state index contributed by atoms with van der Waals surface area (Å²) in [6, 6.07) is 6.83. The molecule has 0 fully saturated rings.